The van der Waals surface area contributed by atoms with Crippen molar-refractivity contribution >= 4 is 40.9 Å². The number of halogens is 1. The van der Waals surface area contributed by atoms with Crippen LogP contribution in [0.1, 0.15) is 6.92 Å². The van der Waals surface area contributed by atoms with Crippen molar-refractivity contribution in [2.45, 2.75) is 45.9 Å². The second-order valence-corrected chi connectivity index (χ2v) is 13.4. The highest BCUT2D eigenvalue weighted by Crippen LogP contribution is 2.21. The van der Waals surface area contributed by atoms with Gasteiger partial charge >= 0.3 is 5.97 Å². The molecule has 0 aromatic carbocycles. The molecule has 138 valence electrons. The normalized spacial score (nSPS) is 11.9. The van der Waals surface area contributed by atoms with E-state index in [0.717, 1.165) is 6.04 Å². The third kappa shape index (κ3) is 5.26. The standard InChI is InChI=1S/C16H24BrN3O4Si/c1-5-24-15(21)10-19-13-9-18-20(11-23-6-7-25(2,3)4)16(22)12(13)8-14(19)17/h8-9H,5-7,10-11H2,1-4H3. The summed E-state index contributed by atoms with van der Waals surface area (Å²) in [7, 11) is -1.17. The van der Waals surface area contributed by atoms with Crippen LogP contribution >= 0.6 is 15.9 Å². The van der Waals surface area contributed by atoms with E-state index in [9.17, 15) is 9.59 Å². The van der Waals surface area contributed by atoms with E-state index in [0.29, 0.717) is 28.7 Å². The molecular formula is C16H24BrN3O4Si. The van der Waals surface area contributed by atoms with Gasteiger partial charge in [0.25, 0.3) is 5.56 Å². The Morgan fingerprint density at radius 1 is 1.36 bits per heavy atom. The van der Waals surface area contributed by atoms with Crippen molar-refractivity contribution in [3.05, 3.63) is 27.2 Å². The molecule has 25 heavy (non-hydrogen) atoms. The molecule has 2 rings (SSSR count). The minimum Gasteiger partial charge on any atom is -0.465 e. The summed E-state index contributed by atoms with van der Waals surface area (Å²) in [4.78, 5) is 24.3. The van der Waals surface area contributed by atoms with Crippen LogP contribution in [0.4, 0.5) is 0 Å². The minimum absolute atomic E-state index is 0.0236. The molecule has 0 N–H and O–H groups in total. The van der Waals surface area contributed by atoms with Crippen LogP contribution in [-0.4, -0.2) is 41.6 Å². The van der Waals surface area contributed by atoms with Crippen LogP contribution in [0.15, 0.2) is 21.7 Å². The predicted molar refractivity (Wildman–Crippen MR) is 102 cm³/mol. The zero-order valence-corrected chi connectivity index (χ0v) is 17.6. The second-order valence-electron chi connectivity index (χ2n) is 6.95. The van der Waals surface area contributed by atoms with Gasteiger partial charge in [0.2, 0.25) is 0 Å². The molecule has 2 heterocycles. The second kappa shape index (κ2) is 8.28. The highest BCUT2D eigenvalue weighted by Gasteiger charge is 2.16. The van der Waals surface area contributed by atoms with Gasteiger partial charge in [0.05, 0.1) is 28.3 Å². The first-order valence-electron chi connectivity index (χ1n) is 8.21. The molecule has 7 nitrogen and oxygen atoms in total. The van der Waals surface area contributed by atoms with E-state index >= 15 is 0 Å². The number of rotatable bonds is 8. The van der Waals surface area contributed by atoms with Gasteiger partial charge in [-0.3, -0.25) is 9.59 Å². The van der Waals surface area contributed by atoms with Crippen LogP contribution in [-0.2, 0) is 27.5 Å². The van der Waals surface area contributed by atoms with Crippen molar-refractivity contribution < 1.29 is 14.3 Å². The average molecular weight is 430 g/mol. The molecule has 0 saturated heterocycles. The topological polar surface area (TPSA) is 75.3 Å². The molecule has 0 amide bonds. The Kier molecular flexibility index (Phi) is 6.58. The van der Waals surface area contributed by atoms with Crippen LogP contribution in [0.25, 0.3) is 10.9 Å². The first-order chi connectivity index (χ1) is 11.7. The van der Waals surface area contributed by atoms with Gasteiger partial charge < -0.3 is 14.0 Å². The molecule has 0 spiro atoms. The summed E-state index contributed by atoms with van der Waals surface area (Å²) < 4.78 is 14.2. The Hall–Kier alpha value is -1.45. The van der Waals surface area contributed by atoms with Gasteiger partial charge in [-0.15, -0.1) is 0 Å². The highest BCUT2D eigenvalue weighted by molar-refractivity contribution is 9.10. The highest BCUT2D eigenvalue weighted by atomic mass is 79.9. The molecule has 0 atom stereocenters. The van der Waals surface area contributed by atoms with E-state index in [1.165, 1.54) is 4.68 Å². The largest absolute Gasteiger partial charge is 0.465 e. The maximum Gasteiger partial charge on any atom is 0.325 e. The Morgan fingerprint density at radius 3 is 2.72 bits per heavy atom. The van der Waals surface area contributed by atoms with Gasteiger partial charge in [-0.1, -0.05) is 19.6 Å². The average Bonchev–Trinajstić information content (AvgIpc) is 2.82. The van der Waals surface area contributed by atoms with Gasteiger partial charge in [0.15, 0.2) is 0 Å². The van der Waals surface area contributed by atoms with Crippen molar-refractivity contribution in [3.8, 4) is 0 Å². The van der Waals surface area contributed by atoms with E-state index in [1.807, 2.05) is 0 Å². The molecule has 0 aliphatic carbocycles. The quantitative estimate of drug-likeness (QED) is 0.366. The van der Waals surface area contributed by atoms with Crippen LogP contribution in [0.3, 0.4) is 0 Å². The van der Waals surface area contributed by atoms with E-state index in [-0.39, 0.29) is 24.8 Å². The first kappa shape index (κ1) is 19.9. The maximum absolute atomic E-state index is 12.6. The lowest BCUT2D eigenvalue weighted by Crippen LogP contribution is -2.26. The number of fused-ring (bicyclic) bond motifs is 1. The molecular weight excluding hydrogens is 406 g/mol. The Bertz CT molecular complexity index is 810. The fourth-order valence-electron chi connectivity index (χ4n) is 2.28. The van der Waals surface area contributed by atoms with Crippen LogP contribution in [0, 0.1) is 0 Å². The van der Waals surface area contributed by atoms with E-state index in [1.54, 1.807) is 23.8 Å². The number of nitrogens with zero attached hydrogens (tertiary/aromatic N) is 3. The minimum atomic E-state index is -1.17. The maximum atomic E-state index is 12.6. The van der Waals surface area contributed by atoms with Crippen molar-refractivity contribution in [2.24, 2.45) is 0 Å². The monoisotopic (exact) mass is 429 g/mol. The van der Waals surface area contributed by atoms with Crippen molar-refractivity contribution in [1.29, 1.82) is 0 Å². The number of carbonyl (C=O) groups is 1. The number of carbonyl (C=O) groups excluding carboxylic acids is 1. The van der Waals surface area contributed by atoms with Crippen LogP contribution in [0.2, 0.25) is 25.7 Å². The molecule has 0 radical (unpaired) electrons. The number of aromatic nitrogens is 3. The molecule has 0 bridgehead atoms. The predicted octanol–water partition coefficient (Wildman–Crippen LogP) is 2.84. The summed E-state index contributed by atoms with van der Waals surface area (Å²) in [6, 6.07) is 2.72. The first-order valence-corrected chi connectivity index (χ1v) is 12.7. The third-order valence-corrected chi connectivity index (χ3v) is 6.04. The van der Waals surface area contributed by atoms with E-state index in [2.05, 4.69) is 40.7 Å². The van der Waals surface area contributed by atoms with Crippen LogP contribution < -0.4 is 5.56 Å². The van der Waals surface area contributed by atoms with Crippen molar-refractivity contribution in [1.82, 2.24) is 14.3 Å². The molecule has 0 fully saturated rings. The molecule has 0 aliphatic heterocycles. The van der Waals surface area contributed by atoms with E-state index in [4.69, 9.17) is 9.47 Å². The zero-order valence-electron chi connectivity index (χ0n) is 15.0. The number of ether oxygens (including phenoxy) is 2. The molecule has 9 heteroatoms. The smallest absolute Gasteiger partial charge is 0.325 e. The summed E-state index contributed by atoms with van der Waals surface area (Å²) in [6.45, 7) is 9.66. The molecule has 2 aromatic rings. The SMILES string of the molecule is CCOC(=O)Cn1c(Br)cc2c(=O)n(COCC[Si](C)(C)C)ncc21. The fourth-order valence-corrected chi connectivity index (χ4v) is 3.58. The molecule has 0 aliphatic rings. The fraction of sp³-hybridized carbons (Fsp3) is 0.562. The van der Waals surface area contributed by atoms with E-state index < -0.39 is 8.07 Å². The number of hydrogen-bond acceptors (Lipinski definition) is 5. The lowest BCUT2D eigenvalue weighted by atomic mass is 10.3. The Labute approximate surface area is 156 Å². The molecule has 2 aromatic heterocycles. The van der Waals surface area contributed by atoms with Crippen molar-refractivity contribution in [3.63, 3.8) is 0 Å². The Balaban J connectivity index is 2.17. The summed E-state index contributed by atoms with van der Waals surface area (Å²) >= 11 is 3.39. The lowest BCUT2D eigenvalue weighted by molar-refractivity contribution is -0.143. The van der Waals surface area contributed by atoms with Gasteiger partial charge in [0.1, 0.15) is 13.3 Å². The van der Waals surface area contributed by atoms with Gasteiger partial charge in [0, 0.05) is 14.7 Å². The number of hydrogen-bond donors (Lipinski definition) is 0. The van der Waals surface area contributed by atoms with Crippen molar-refractivity contribution in [2.75, 3.05) is 13.2 Å². The van der Waals surface area contributed by atoms with Gasteiger partial charge in [-0.05, 0) is 35.0 Å². The lowest BCUT2D eigenvalue weighted by Gasteiger charge is -2.15. The summed E-state index contributed by atoms with van der Waals surface area (Å²) in [5, 5.41) is 4.65. The zero-order chi connectivity index (χ0) is 18.6. The summed E-state index contributed by atoms with van der Waals surface area (Å²) in [5.41, 5.74) is 0.345. The van der Waals surface area contributed by atoms with Crippen LogP contribution in [0.5, 0.6) is 0 Å². The Morgan fingerprint density at radius 2 is 2.08 bits per heavy atom. The summed E-state index contributed by atoms with van der Waals surface area (Å²) in [5.74, 6) is -0.362. The molecule has 0 unspecified atom stereocenters. The summed E-state index contributed by atoms with van der Waals surface area (Å²) in [6.07, 6.45) is 1.57. The van der Waals surface area contributed by atoms with Gasteiger partial charge in [-0.2, -0.15) is 5.10 Å². The number of esters is 1. The van der Waals surface area contributed by atoms with Gasteiger partial charge in [-0.25, -0.2) is 4.68 Å². The molecule has 0 saturated carbocycles. The third-order valence-electron chi connectivity index (χ3n) is 3.67.